The molecule has 2 atom stereocenters. The topological polar surface area (TPSA) is 6.48 Å². The van der Waals surface area contributed by atoms with E-state index in [2.05, 4.69) is 61.8 Å². The van der Waals surface area contributed by atoms with E-state index >= 15 is 0 Å². The van der Waals surface area contributed by atoms with E-state index in [1.54, 1.807) is 0 Å². The minimum Gasteiger partial charge on any atom is -0.295 e. The normalized spacial score (nSPS) is 26.5. The molecule has 2 nitrogen and oxygen atoms in total. The predicted octanol–water partition coefficient (Wildman–Crippen LogP) is 5.57. The van der Waals surface area contributed by atoms with E-state index in [0.717, 1.165) is 0 Å². The molecule has 1 aromatic carbocycles. The predicted molar refractivity (Wildman–Crippen MR) is 108 cm³/mol. The Labute approximate surface area is 155 Å². The number of piperazine rings is 1. The van der Waals surface area contributed by atoms with E-state index < -0.39 is 0 Å². The summed E-state index contributed by atoms with van der Waals surface area (Å²) in [6.45, 7) is 13.2. The summed E-state index contributed by atoms with van der Waals surface area (Å²) in [6, 6.07) is 10.5. The van der Waals surface area contributed by atoms with Crippen molar-refractivity contribution in [1.29, 1.82) is 0 Å². The molecule has 2 fully saturated rings. The molecular weight excluding hydrogens is 304 g/mol. The molecule has 1 aliphatic heterocycles. The second kappa shape index (κ2) is 8.22. The number of benzene rings is 1. The first-order valence-electron chi connectivity index (χ1n) is 10.6. The Morgan fingerprint density at radius 3 is 2.36 bits per heavy atom. The molecule has 0 aromatic heterocycles. The molecule has 0 N–H and O–H groups in total. The maximum absolute atomic E-state index is 2.82. The van der Waals surface area contributed by atoms with Crippen molar-refractivity contribution in [3.05, 3.63) is 35.4 Å². The quantitative estimate of drug-likeness (QED) is 0.690. The van der Waals surface area contributed by atoms with Gasteiger partial charge in [0.1, 0.15) is 0 Å². The van der Waals surface area contributed by atoms with E-state index in [9.17, 15) is 0 Å². The van der Waals surface area contributed by atoms with Gasteiger partial charge in [-0.3, -0.25) is 9.80 Å². The van der Waals surface area contributed by atoms with Gasteiger partial charge in [0.25, 0.3) is 0 Å². The van der Waals surface area contributed by atoms with Crippen LogP contribution in [0.4, 0.5) is 0 Å². The molecule has 0 bridgehead atoms. The first-order chi connectivity index (χ1) is 12.0. The van der Waals surface area contributed by atoms with Gasteiger partial charge in [0.05, 0.1) is 0 Å². The summed E-state index contributed by atoms with van der Waals surface area (Å²) in [7, 11) is 0. The summed E-state index contributed by atoms with van der Waals surface area (Å²) >= 11 is 0. The van der Waals surface area contributed by atoms with E-state index in [0.29, 0.717) is 17.6 Å². The molecule has 1 saturated heterocycles. The molecule has 2 aliphatic rings. The van der Waals surface area contributed by atoms with Crippen molar-refractivity contribution in [3.8, 4) is 0 Å². The SMILES string of the molecule is CCC[C@@H](c1ccc(C)cc1)N1CCN(C2(C)CCCCC2)C[C@@H]1C. The van der Waals surface area contributed by atoms with Crippen LogP contribution in [-0.2, 0) is 0 Å². The lowest BCUT2D eigenvalue weighted by Gasteiger charge is -2.52. The molecule has 3 rings (SSSR count). The number of nitrogens with zero attached hydrogens (tertiary/aromatic N) is 2. The summed E-state index contributed by atoms with van der Waals surface area (Å²) in [6.07, 6.45) is 9.61. The Hall–Kier alpha value is -0.860. The molecule has 1 aliphatic carbocycles. The molecular formula is C23H38N2. The van der Waals surface area contributed by atoms with Crippen molar-refractivity contribution in [1.82, 2.24) is 9.80 Å². The number of hydrogen-bond donors (Lipinski definition) is 0. The standard InChI is InChI=1S/C23H38N2/c1-5-9-22(21-12-10-19(2)11-13-21)25-17-16-24(18-20(25)3)23(4)14-7-6-8-15-23/h10-13,20,22H,5-9,14-18H2,1-4H3/t20-,22-/m0/s1. The summed E-state index contributed by atoms with van der Waals surface area (Å²) in [5, 5.41) is 0. The lowest BCUT2D eigenvalue weighted by atomic mass is 9.81. The fourth-order valence-corrected chi connectivity index (χ4v) is 5.14. The Morgan fingerprint density at radius 2 is 1.76 bits per heavy atom. The monoisotopic (exact) mass is 342 g/mol. The lowest BCUT2D eigenvalue weighted by Crippen LogP contribution is -2.60. The molecule has 1 heterocycles. The van der Waals surface area contributed by atoms with Crippen molar-refractivity contribution in [2.24, 2.45) is 0 Å². The molecule has 140 valence electrons. The molecule has 2 heteroatoms. The Balaban J connectivity index is 1.71. The third kappa shape index (κ3) is 4.28. The second-order valence-corrected chi connectivity index (χ2v) is 8.81. The second-order valence-electron chi connectivity index (χ2n) is 8.81. The fourth-order valence-electron chi connectivity index (χ4n) is 5.14. The van der Waals surface area contributed by atoms with Gasteiger partial charge < -0.3 is 0 Å². The van der Waals surface area contributed by atoms with E-state index in [1.807, 2.05) is 0 Å². The van der Waals surface area contributed by atoms with Crippen molar-refractivity contribution in [2.45, 2.75) is 90.3 Å². The largest absolute Gasteiger partial charge is 0.295 e. The maximum atomic E-state index is 2.82. The Bertz CT molecular complexity index is 530. The van der Waals surface area contributed by atoms with Crippen LogP contribution in [0.2, 0.25) is 0 Å². The average molecular weight is 343 g/mol. The zero-order chi connectivity index (χ0) is 17.9. The van der Waals surface area contributed by atoms with Crippen molar-refractivity contribution in [3.63, 3.8) is 0 Å². The zero-order valence-electron chi connectivity index (χ0n) is 16.9. The highest BCUT2D eigenvalue weighted by atomic mass is 15.3. The zero-order valence-corrected chi connectivity index (χ0v) is 16.9. The molecule has 1 saturated carbocycles. The highest BCUT2D eigenvalue weighted by Gasteiger charge is 2.38. The van der Waals surface area contributed by atoms with Crippen LogP contribution in [0.15, 0.2) is 24.3 Å². The highest BCUT2D eigenvalue weighted by Crippen LogP contribution is 2.37. The van der Waals surface area contributed by atoms with Crippen LogP contribution in [-0.4, -0.2) is 41.0 Å². The van der Waals surface area contributed by atoms with Gasteiger partial charge in [0.2, 0.25) is 0 Å². The van der Waals surface area contributed by atoms with Crippen LogP contribution in [0.3, 0.4) is 0 Å². The van der Waals surface area contributed by atoms with Gasteiger partial charge in [-0.1, -0.05) is 62.4 Å². The summed E-state index contributed by atoms with van der Waals surface area (Å²) in [5.41, 5.74) is 3.33. The Kier molecular flexibility index (Phi) is 6.22. The van der Waals surface area contributed by atoms with Gasteiger partial charge in [0, 0.05) is 37.3 Å². The maximum Gasteiger partial charge on any atom is 0.0351 e. The van der Waals surface area contributed by atoms with Gasteiger partial charge in [0.15, 0.2) is 0 Å². The minimum atomic E-state index is 0.461. The van der Waals surface area contributed by atoms with Crippen LogP contribution in [0.5, 0.6) is 0 Å². The summed E-state index contributed by atoms with van der Waals surface area (Å²) in [5.74, 6) is 0. The number of aryl methyl sites for hydroxylation is 1. The first-order valence-corrected chi connectivity index (χ1v) is 10.6. The van der Waals surface area contributed by atoms with Crippen LogP contribution in [0.1, 0.15) is 82.9 Å². The average Bonchev–Trinajstić information content (AvgIpc) is 2.61. The summed E-state index contributed by atoms with van der Waals surface area (Å²) < 4.78 is 0. The molecule has 0 amide bonds. The van der Waals surface area contributed by atoms with Gasteiger partial charge in [-0.05, 0) is 45.6 Å². The molecule has 25 heavy (non-hydrogen) atoms. The van der Waals surface area contributed by atoms with E-state index in [-0.39, 0.29) is 0 Å². The van der Waals surface area contributed by atoms with Crippen molar-refractivity contribution in [2.75, 3.05) is 19.6 Å². The molecule has 0 unspecified atom stereocenters. The molecule has 1 aromatic rings. The van der Waals surface area contributed by atoms with E-state index in [1.165, 1.54) is 75.7 Å². The first kappa shape index (κ1) is 18.9. The number of rotatable bonds is 5. The van der Waals surface area contributed by atoms with Crippen molar-refractivity contribution < 1.29 is 0 Å². The van der Waals surface area contributed by atoms with Gasteiger partial charge in [-0.2, -0.15) is 0 Å². The molecule has 0 radical (unpaired) electrons. The van der Waals surface area contributed by atoms with Gasteiger partial charge >= 0.3 is 0 Å². The Morgan fingerprint density at radius 1 is 1.08 bits per heavy atom. The van der Waals surface area contributed by atoms with Crippen LogP contribution >= 0.6 is 0 Å². The molecule has 0 spiro atoms. The van der Waals surface area contributed by atoms with Crippen LogP contribution in [0.25, 0.3) is 0 Å². The van der Waals surface area contributed by atoms with Crippen LogP contribution < -0.4 is 0 Å². The third-order valence-electron chi connectivity index (χ3n) is 6.80. The third-order valence-corrected chi connectivity index (χ3v) is 6.80. The number of hydrogen-bond acceptors (Lipinski definition) is 2. The van der Waals surface area contributed by atoms with Gasteiger partial charge in [-0.25, -0.2) is 0 Å². The van der Waals surface area contributed by atoms with E-state index in [4.69, 9.17) is 0 Å². The van der Waals surface area contributed by atoms with Crippen molar-refractivity contribution >= 4 is 0 Å². The minimum absolute atomic E-state index is 0.461. The smallest absolute Gasteiger partial charge is 0.0351 e. The highest BCUT2D eigenvalue weighted by molar-refractivity contribution is 5.24. The fraction of sp³-hybridized carbons (Fsp3) is 0.739. The summed E-state index contributed by atoms with van der Waals surface area (Å²) in [4.78, 5) is 5.61. The lowest BCUT2D eigenvalue weighted by molar-refractivity contribution is -0.0228. The van der Waals surface area contributed by atoms with Crippen LogP contribution in [0, 0.1) is 6.92 Å². The van der Waals surface area contributed by atoms with Gasteiger partial charge in [-0.15, -0.1) is 0 Å².